The molecule has 0 bridgehead atoms. The Kier molecular flexibility index (Phi) is 5.34. The minimum Gasteiger partial charge on any atom is -0.396 e. The highest BCUT2D eigenvalue weighted by molar-refractivity contribution is 6.30. The molecule has 0 amide bonds. The van der Waals surface area contributed by atoms with E-state index in [0.717, 1.165) is 48.6 Å². The number of oxime groups is 1. The van der Waals surface area contributed by atoms with Crippen LogP contribution < -0.4 is 0 Å². The van der Waals surface area contributed by atoms with Crippen LogP contribution in [0.25, 0.3) is 0 Å². The highest BCUT2D eigenvalue weighted by atomic mass is 35.5. The van der Waals surface area contributed by atoms with Crippen molar-refractivity contribution in [1.29, 1.82) is 0 Å². The van der Waals surface area contributed by atoms with Crippen LogP contribution in [-0.4, -0.2) is 47.6 Å². The maximum Gasteiger partial charge on any atom is 0.145 e. The van der Waals surface area contributed by atoms with Crippen molar-refractivity contribution >= 4 is 17.3 Å². The van der Waals surface area contributed by atoms with Crippen LogP contribution >= 0.6 is 11.6 Å². The molecule has 2 atom stereocenters. The van der Waals surface area contributed by atoms with Crippen LogP contribution in [0.4, 0.5) is 0 Å². The number of likely N-dealkylation sites (tertiary alicyclic amines) is 1. The minimum absolute atomic E-state index is 0.139. The van der Waals surface area contributed by atoms with Gasteiger partial charge < -0.3 is 9.94 Å². The molecular weight excluding hydrogens is 300 g/mol. The number of aliphatic hydroxyl groups excluding tert-OH is 1. The average Bonchev–Trinajstić information content (AvgIpc) is 3.16. The van der Waals surface area contributed by atoms with E-state index < -0.39 is 0 Å². The number of hydrogen-bond donors (Lipinski definition) is 1. The zero-order chi connectivity index (χ0) is 15.4. The molecule has 2 aliphatic heterocycles. The van der Waals surface area contributed by atoms with Crippen molar-refractivity contribution in [2.75, 3.05) is 19.7 Å². The lowest BCUT2D eigenvalue weighted by atomic mass is 10.0. The predicted molar refractivity (Wildman–Crippen MR) is 88.4 cm³/mol. The molecule has 120 valence electrons. The maximum atomic E-state index is 9.01. The molecule has 1 fully saturated rings. The van der Waals surface area contributed by atoms with E-state index in [0.29, 0.717) is 6.04 Å². The molecule has 5 heteroatoms. The van der Waals surface area contributed by atoms with Gasteiger partial charge >= 0.3 is 0 Å². The first kappa shape index (κ1) is 15.8. The maximum absolute atomic E-state index is 9.01. The summed E-state index contributed by atoms with van der Waals surface area (Å²) in [5.41, 5.74) is 2.10. The Balaban J connectivity index is 1.52. The number of benzene rings is 1. The van der Waals surface area contributed by atoms with Gasteiger partial charge in [0.1, 0.15) is 6.10 Å². The second kappa shape index (κ2) is 7.44. The summed E-state index contributed by atoms with van der Waals surface area (Å²) in [4.78, 5) is 8.13. The van der Waals surface area contributed by atoms with Crippen molar-refractivity contribution in [2.45, 2.75) is 44.2 Å². The summed E-state index contributed by atoms with van der Waals surface area (Å²) in [6, 6.07) is 8.35. The first-order valence-corrected chi connectivity index (χ1v) is 8.47. The third kappa shape index (κ3) is 3.80. The third-order valence-electron chi connectivity index (χ3n) is 4.54. The van der Waals surface area contributed by atoms with Gasteiger partial charge in [-0.3, -0.25) is 4.90 Å². The summed E-state index contributed by atoms with van der Waals surface area (Å²) in [5, 5.41) is 14.0. The normalized spacial score (nSPS) is 25.3. The fourth-order valence-corrected chi connectivity index (χ4v) is 3.52. The van der Waals surface area contributed by atoms with Gasteiger partial charge in [-0.1, -0.05) is 28.9 Å². The SMILES string of the molecule is OCCCC1CCCN1CC1CC(c2ccc(Cl)cc2)=NO1. The molecular formula is C17H23ClN2O2. The fourth-order valence-electron chi connectivity index (χ4n) is 3.39. The van der Waals surface area contributed by atoms with Crippen molar-refractivity contribution < 1.29 is 9.94 Å². The van der Waals surface area contributed by atoms with Gasteiger partial charge in [0.15, 0.2) is 0 Å². The summed E-state index contributed by atoms with van der Waals surface area (Å²) in [6.45, 7) is 2.34. The molecule has 0 spiro atoms. The lowest BCUT2D eigenvalue weighted by Crippen LogP contribution is -2.36. The zero-order valence-corrected chi connectivity index (χ0v) is 13.5. The Morgan fingerprint density at radius 3 is 2.91 bits per heavy atom. The Morgan fingerprint density at radius 2 is 2.14 bits per heavy atom. The molecule has 1 aromatic carbocycles. The molecule has 4 nitrogen and oxygen atoms in total. The summed E-state index contributed by atoms with van der Waals surface area (Å²) in [7, 11) is 0. The molecule has 2 aliphatic rings. The van der Waals surface area contributed by atoms with Gasteiger partial charge in [0.05, 0.1) is 5.71 Å². The number of hydrogen-bond acceptors (Lipinski definition) is 4. The van der Waals surface area contributed by atoms with E-state index in [1.54, 1.807) is 0 Å². The van der Waals surface area contributed by atoms with E-state index in [1.807, 2.05) is 24.3 Å². The van der Waals surface area contributed by atoms with Crippen LogP contribution in [0, 0.1) is 0 Å². The fraction of sp³-hybridized carbons (Fsp3) is 0.588. The molecule has 0 aromatic heterocycles. The quantitative estimate of drug-likeness (QED) is 0.875. The van der Waals surface area contributed by atoms with Crippen molar-refractivity contribution in [3.8, 4) is 0 Å². The van der Waals surface area contributed by atoms with E-state index in [2.05, 4.69) is 10.1 Å². The number of halogens is 1. The predicted octanol–water partition coefficient (Wildman–Crippen LogP) is 3.07. The monoisotopic (exact) mass is 322 g/mol. The first-order chi connectivity index (χ1) is 10.8. The second-order valence-electron chi connectivity index (χ2n) is 6.13. The molecule has 0 saturated carbocycles. The van der Waals surface area contributed by atoms with Gasteiger partial charge in [-0.2, -0.15) is 0 Å². The largest absolute Gasteiger partial charge is 0.396 e. The Labute approximate surface area is 136 Å². The minimum atomic E-state index is 0.139. The van der Waals surface area contributed by atoms with Gasteiger partial charge in [0.2, 0.25) is 0 Å². The molecule has 2 heterocycles. The summed E-state index contributed by atoms with van der Waals surface area (Å²) in [6.07, 6.45) is 5.43. The average molecular weight is 323 g/mol. The summed E-state index contributed by atoms with van der Waals surface area (Å²) < 4.78 is 0. The van der Waals surface area contributed by atoms with Crippen molar-refractivity contribution in [1.82, 2.24) is 4.90 Å². The van der Waals surface area contributed by atoms with Gasteiger partial charge in [0, 0.05) is 30.6 Å². The Bertz CT molecular complexity index is 518. The standard InChI is InChI=1S/C17H23ClN2O2/c18-14-7-5-13(6-8-14)17-11-16(22-19-17)12-20-9-1-3-15(20)4-2-10-21/h5-8,15-16,21H,1-4,9-12H2. The number of aliphatic hydroxyl groups is 1. The van der Waals surface area contributed by atoms with Crippen LogP contribution in [-0.2, 0) is 4.84 Å². The number of nitrogens with zero attached hydrogens (tertiary/aromatic N) is 2. The molecule has 1 saturated heterocycles. The third-order valence-corrected chi connectivity index (χ3v) is 4.80. The van der Waals surface area contributed by atoms with E-state index in [4.69, 9.17) is 21.5 Å². The van der Waals surface area contributed by atoms with Crippen LogP contribution in [0.1, 0.15) is 37.7 Å². The zero-order valence-electron chi connectivity index (χ0n) is 12.7. The van der Waals surface area contributed by atoms with Gasteiger partial charge in [-0.25, -0.2) is 0 Å². The van der Waals surface area contributed by atoms with Crippen molar-refractivity contribution in [3.63, 3.8) is 0 Å². The van der Waals surface area contributed by atoms with Crippen LogP contribution in [0.5, 0.6) is 0 Å². The van der Waals surface area contributed by atoms with Crippen LogP contribution in [0.15, 0.2) is 29.4 Å². The van der Waals surface area contributed by atoms with Gasteiger partial charge in [-0.05, 0) is 49.9 Å². The van der Waals surface area contributed by atoms with Crippen LogP contribution in [0.3, 0.4) is 0 Å². The highest BCUT2D eigenvalue weighted by Gasteiger charge is 2.30. The molecule has 1 N–H and O–H groups in total. The van der Waals surface area contributed by atoms with E-state index in [9.17, 15) is 0 Å². The molecule has 0 radical (unpaired) electrons. The molecule has 22 heavy (non-hydrogen) atoms. The van der Waals surface area contributed by atoms with E-state index in [1.165, 1.54) is 12.8 Å². The lowest BCUT2D eigenvalue weighted by molar-refractivity contribution is 0.0472. The van der Waals surface area contributed by atoms with E-state index >= 15 is 0 Å². The lowest BCUT2D eigenvalue weighted by Gasteiger charge is -2.26. The summed E-state index contributed by atoms with van der Waals surface area (Å²) in [5.74, 6) is 0. The molecule has 2 unspecified atom stereocenters. The first-order valence-electron chi connectivity index (χ1n) is 8.10. The van der Waals surface area contributed by atoms with Crippen LogP contribution in [0.2, 0.25) is 5.02 Å². The van der Waals surface area contributed by atoms with Crippen molar-refractivity contribution in [3.05, 3.63) is 34.9 Å². The smallest absolute Gasteiger partial charge is 0.145 e. The van der Waals surface area contributed by atoms with E-state index in [-0.39, 0.29) is 12.7 Å². The Hall–Kier alpha value is -1.10. The Morgan fingerprint density at radius 1 is 1.32 bits per heavy atom. The summed E-state index contributed by atoms with van der Waals surface area (Å²) >= 11 is 5.92. The number of rotatable bonds is 6. The van der Waals surface area contributed by atoms with Crippen molar-refractivity contribution in [2.24, 2.45) is 5.16 Å². The molecule has 3 rings (SSSR count). The molecule has 1 aromatic rings. The topological polar surface area (TPSA) is 45.1 Å². The highest BCUT2D eigenvalue weighted by Crippen LogP contribution is 2.25. The second-order valence-corrected chi connectivity index (χ2v) is 6.57. The van der Waals surface area contributed by atoms with Gasteiger partial charge in [0.25, 0.3) is 0 Å². The molecule has 0 aliphatic carbocycles. The van der Waals surface area contributed by atoms with Gasteiger partial charge in [-0.15, -0.1) is 0 Å².